The Balaban J connectivity index is 2.26. The number of nitrogens with zero attached hydrogens (tertiary/aromatic N) is 2. The molecule has 0 aromatic carbocycles. The second-order valence-corrected chi connectivity index (χ2v) is 4.00. The Kier molecular flexibility index (Phi) is 2.79. The highest BCUT2D eigenvalue weighted by Gasteiger charge is 2.16. The lowest BCUT2D eigenvalue weighted by atomic mass is 10.1. The van der Waals surface area contributed by atoms with Gasteiger partial charge >= 0.3 is 0 Å². The Morgan fingerprint density at radius 2 is 2.36 bits per heavy atom. The molecule has 0 amide bonds. The van der Waals surface area contributed by atoms with E-state index in [1.165, 1.54) is 0 Å². The summed E-state index contributed by atoms with van der Waals surface area (Å²) in [6.45, 7) is 0.997. The quantitative estimate of drug-likeness (QED) is 0.823. The van der Waals surface area contributed by atoms with Crippen molar-refractivity contribution in [2.75, 3.05) is 13.2 Å². The number of hydrogen-bond acceptors (Lipinski definition) is 4. The molecule has 1 aliphatic rings. The molecule has 1 atom stereocenters. The van der Waals surface area contributed by atoms with E-state index in [1.54, 1.807) is 12.4 Å². The van der Waals surface area contributed by atoms with E-state index in [1.807, 2.05) is 6.07 Å². The smallest absolute Gasteiger partial charge is 0.121 e. The Labute approximate surface area is 90.3 Å². The largest absolute Gasteiger partial charge is 0.386 e. The molecule has 0 bridgehead atoms. The van der Waals surface area contributed by atoms with Crippen LogP contribution in [-0.4, -0.2) is 24.0 Å². The Morgan fingerprint density at radius 3 is 3.07 bits per heavy atom. The fourth-order valence-corrected chi connectivity index (χ4v) is 1.71. The van der Waals surface area contributed by atoms with E-state index >= 15 is 0 Å². The molecule has 0 radical (unpaired) electrons. The Hall–Kier alpha value is -0.940. The van der Waals surface area contributed by atoms with Gasteiger partial charge in [0.05, 0.1) is 6.61 Å². The average molecular weight is 256 g/mol. The summed E-state index contributed by atoms with van der Waals surface area (Å²) in [5.74, 6) is 0.543. The Morgan fingerprint density at radius 1 is 1.50 bits per heavy atom. The van der Waals surface area contributed by atoms with Gasteiger partial charge in [0.15, 0.2) is 0 Å². The molecule has 4 nitrogen and oxygen atoms in total. The number of rotatable bonds is 1. The molecule has 0 aliphatic carbocycles. The van der Waals surface area contributed by atoms with Gasteiger partial charge in [0.25, 0.3) is 0 Å². The third-order valence-electron chi connectivity index (χ3n) is 1.96. The lowest BCUT2D eigenvalue weighted by Gasteiger charge is -2.18. The van der Waals surface area contributed by atoms with E-state index in [4.69, 9.17) is 10.5 Å². The van der Waals surface area contributed by atoms with E-state index < -0.39 is 0 Å². The molecule has 2 rings (SSSR count). The molecule has 14 heavy (non-hydrogen) atoms. The molecule has 1 aromatic rings. The molecule has 0 saturated heterocycles. The minimum atomic E-state index is -0.0197. The fourth-order valence-electron chi connectivity index (χ4n) is 1.33. The maximum Gasteiger partial charge on any atom is 0.121 e. The predicted octanol–water partition coefficient (Wildman–Crippen LogP) is 1.27. The van der Waals surface area contributed by atoms with Crippen molar-refractivity contribution in [3.8, 4) is 0 Å². The second-order valence-electron chi connectivity index (χ2n) is 3.09. The first kappa shape index (κ1) is 9.61. The second kappa shape index (κ2) is 4.06. The lowest BCUT2D eigenvalue weighted by molar-refractivity contribution is 0.143. The van der Waals surface area contributed by atoms with Gasteiger partial charge in [0, 0.05) is 16.9 Å². The van der Waals surface area contributed by atoms with E-state index in [0.717, 1.165) is 10.0 Å². The third kappa shape index (κ3) is 2.10. The number of aromatic nitrogens is 1. The Bertz CT molecular complexity index is 367. The summed E-state index contributed by atoms with van der Waals surface area (Å²) in [5, 5.41) is 0. The molecule has 0 unspecified atom stereocenters. The normalized spacial score (nSPS) is 21.8. The zero-order valence-electron chi connectivity index (χ0n) is 7.48. The van der Waals surface area contributed by atoms with Crippen LogP contribution >= 0.6 is 15.9 Å². The molecule has 0 spiro atoms. The number of halogens is 1. The molecule has 5 heteroatoms. The predicted molar refractivity (Wildman–Crippen MR) is 57.1 cm³/mol. The van der Waals surface area contributed by atoms with E-state index in [-0.39, 0.29) is 6.04 Å². The van der Waals surface area contributed by atoms with Crippen molar-refractivity contribution in [1.29, 1.82) is 0 Å². The average Bonchev–Trinajstić information content (AvgIpc) is 2.18. The van der Waals surface area contributed by atoms with Gasteiger partial charge in [-0.25, -0.2) is 0 Å². The van der Waals surface area contributed by atoms with Crippen LogP contribution in [0.25, 0.3) is 0 Å². The molecular formula is C9H10BrN3O. The van der Waals surface area contributed by atoms with Crippen molar-refractivity contribution in [2.24, 2.45) is 10.7 Å². The molecule has 74 valence electrons. The first-order valence-corrected chi connectivity index (χ1v) is 5.05. The van der Waals surface area contributed by atoms with Crippen LogP contribution in [0.15, 0.2) is 27.9 Å². The molecule has 1 aliphatic heterocycles. The maximum atomic E-state index is 5.59. The molecule has 2 heterocycles. The summed E-state index contributed by atoms with van der Waals surface area (Å²) in [5.41, 5.74) is 6.61. The van der Waals surface area contributed by atoms with E-state index in [0.29, 0.717) is 19.0 Å². The van der Waals surface area contributed by atoms with Crippen LogP contribution in [-0.2, 0) is 4.74 Å². The van der Waals surface area contributed by atoms with Crippen LogP contribution in [0.1, 0.15) is 11.6 Å². The van der Waals surface area contributed by atoms with E-state index in [2.05, 4.69) is 25.9 Å². The van der Waals surface area contributed by atoms with Gasteiger partial charge in [-0.15, -0.1) is 0 Å². The van der Waals surface area contributed by atoms with Crippen molar-refractivity contribution in [1.82, 2.24) is 4.98 Å². The summed E-state index contributed by atoms with van der Waals surface area (Å²) >= 11 is 3.36. The van der Waals surface area contributed by atoms with Gasteiger partial charge in [-0.1, -0.05) is 0 Å². The minimum Gasteiger partial charge on any atom is -0.386 e. The van der Waals surface area contributed by atoms with Crippen LogP contribution < -0.4 is 5.73 Å². The van der Waals surface area contributed by atoms with E-state index in [9.17, 15) is 0 Å². The number of ether oxygens (including phenoxy) is 1. The number of aliphatic imine (C=N–C) groups is 1. The van der Waals surface area contributed by atoms with Gasteiger partial charge in [-0.3, -0.25) is 9.98 Å². The monoisotopic (exact) mass is 255 g/mol. The standard InChI is InChI=1S/C9H10BrN3O/c10-7-1-6(2-12-3-7)8-4-14-5-9(11)13-8/h1-3,8H,4-5H2,(H2,11,13)/t8-/m1/s1. The number of pyridine rings is 1. The van der Waals surface area contributed by atoms with Crippen molar-refractivity contribution in [3.05, 3.63) is 28.5 Å². The van der Waals surface area contributed by atoms with Crippen LogP contribution in [0, 0.1) is 0 Å². The maximum absolute atomic E-state index is 5.59. The topological polar surface area (TPSA) is 60.5 Å². The zero-order valence-corrected chi connectivity index (χ0v) is 9.07. The molecule has 0 fully saturated rings. The minimum absolute atomic E-state index is 0.0197. The van der Waals surface area contributed by atoms with Gasteiger partial charge in [-0.05, 0) is 27.6 Å². The highest BCUT2D eigenvalue weighted by molar-refractivity contribution is 9.10. The van der Waals surface area contributed by atoms with Crippen molar-refractivity contribution < 1.29 is 4.74 Å². The van der Waals surface area contributed by atoms with Gasteiger partial charge in [0.1, 0.15) is 18.5 Å². The molecule has 1 aromatic heterocycles. The number of hydrogen-bond donors (Lipinski definition) is 1. The molecule has 0 saturated carbocycles. The highest BCUT2D eigenvalue weighted by atomic mass is 79.9. The number of amidine groups is 1. The summed E-state index contributed by atoms with van der Waals surface area (Å²) in [6.07, 6.45) is 3.52. The summed E-state index contributed by atoms with van der Waals surface area (Å²) in [7, 11) is 0. The van der Waals surface area contributed by atoms with Crippen LogP contribution in [0.4, 0.5) is 0 Å². The van der Waals surface area contributed by atoms with Gasteiger partial charge < -0.3 is 10.5 Å². The van der Waals surface area contributed by atoms with Gasteiger partial charge in [-0.2, -0.15) is 0 Å². The van der Waals surface area contributed by atoms with Crippen molar-refractivity contribution >= 4 is 21.8 Å². The summed E-state index contributed by atoms with van der Waals surface area (Å²) in [6, 6.07) is 1.96. The first-order chi connectivity index (χ1) is 6.75. The fraction of sp³-hybridized carbons (Fsp3) is 0.333. The number of nitrogens with two attached hydrogens (primary N) is 1. The lowest BCUT2D eigenvalue weighted by Crippen LogP contribution is -2.27. The highest BCUT2D eigenvalue weighted by Crippen LogP contribution is 2.22. The molecule has 2 N–H and O–H groups in total. The van der Waals surface area contributed by atoms with Crippen molar-refractivity contribution in [3.63, 3.8) is 0 Å². The summed E-state index contributed by atoms with van der Waals surface area (Å²) in [4.78, 5) is 8.37. The van der Waals surface area contributed by atoms with Crippen LogP contribution in [0.2, 0.25) is 0 Å². The van der Waals surface area contributed by atoms with Crippen LogP contribution in [0.3, 0.4) is 0 Å². The van der Waals surface area contributed by atoms with Gasteiger partial charge in [0.2, 0.25) is 0 Å². The SMILES string of the molecule is NC1=N[C@@H](c2cncc(Br)c2)COC1. The van der Waals surface area contributed by atoms with Crippen LogP contribution in [0.5, 0.6) is 0 Å². The first-order valence-electron chi connectivity index (χ1n) is 4.26. The zero-order chi connectivity index (χ0) is 9.97. The molecular weight excluding hydrogens is 246 g/mol. The third-order valence-corrected chi connectivity index (χ3v) is 2.39. The van der Waals surface area contributed by atoms with Crippen molar-refractivity contribution in [2.45, 2.75) is 6.04 Å². The summed E-state index contributed by atoms with van der Waals surface area (Å²) < 4.78 is 6.23.